The summed E-state index contributed by atoms with van der Waals surface area (Å²) < 4.78 is 12.1. The maximum Gasteiger partial charge on any atom is 0.241 e. The van der Waals surface area contributed by atoms with Crippen LogP contribution in [-0.2, 0) is 17.8 Å². The third-order valence-corrected chi connectivity index (χ3v) is 6.52. The molecule has 0 aliphatic carbocycles. The molecule has 1 atom stereocenters. The number of benzene rings is 2. The molecule has 1 unspecified atom stereocenters. The summed E-state index contributed by atoms with van der Waals surface area (Å²) in [6.07, 6.45) is 3.90. The van der Waals surface area contributed by atoms with Crippen LogP contribution in [0.2, 0.25) is 0 Å². The Kier molecular flexibility index (Phi) is 8.93. The zero-order valence-electron chi connectivity index (χ0n) is 20.4. The van der Waals surface area contributed by atoms with E-state index in [4.69, 9.17) is 9.26 Å². The van der Waals surface area contributed by atoms with E-state index in [0.29, 0.717) is 31.3 Å². The molecule has 1 saturated heterocycles. The average Bonchev–Trinajstić information content (AvgIpc) is 3.31. The maximum absolute atomic E-state index is 12.8. The number of nitrogens with zero attached hydrogens (tertiary/aromatic N) is 3. The van der Waals surface area contributed by atoms with Gasteiger partial charge in [0.05, 0.1) is 18.6 Å². The number of nitrogens with one attached hydrogen (secondary N) is 1. The quantitative estimate of drug-likeness (QED) is 0.354. The van der Waals surface area contributed by atoms with Crippen molar-refractivity contribution in [2.75, 3.05) is 19.6 Å². The summed E-state index contributed by atoms with van der Waals surface area (Å²) in [4.78, 5) is 19.5. The van der Waals surface area contributed by atoms with Gasteiger partial charge in [-0.2, -0.15) is 4.98 Å². The number of aromatic nitrogens is 2. The van der Waals surface area contributed by atoms with Crippen molar-refractivity contribution in [2.24, 2.45) is 5.92 Å². The molecule has 0 radical (unpaired) electrons. The molecule has 1 aromatic heterocycles. The van der Waals surface area contributed by atoms with Crippen LogP contribution in [0, 0.1) is 5.92 Å². The maximum atomic E-state index is 12.8. The highest BCUT2D eigenvalue weighted by Crippen LogP contribution is 2.22. The molecular weight excluding hydrogens is 508 g/mol. The summed E-state index contributed by atoms with van der Waals surface area (Å²) >= 11 is 3.47. The first-order valence-corrected chi connectivity index (χ1v) is 13.1. The number of amides is 1. The Bertz CT molecular complexity index is 1100. The largest absolute Gasteiger partial charge is 0.491 e. The van der Waals surface area contributed by atoms with E-state index in [2.05, 4.69) is 48.4 Å². The first-order chi connectivity index (χ1) is 17.0. The van der Waals surface area contributed by atoms with Gasteiger partial charge in [0.2, 0.25) is 17.6 Å². The zero-order valence-corrected chi connectivity index (χ0v) is 22.0. The van der Waals surface area contributed by atoms with E-state index < -0.39 is 0 Å². The third kappa shape index (κ3) is 7.64. The summed E-state index contributed by atoms with van der Waals surface area (Å²) in [6, 6.07) is 16.0. The van der Waals surface area contributed by atoms with E-state index in [0.717, 1.165) is 48.0 Å². The fraction of sp³-hybridized carbons (Fsp3) is 0.444. The molecule has 2 aromatic carbocycles. The van der Waals surface area contributed by atoms with Gasteiger partial charge in [0.1, 0.15) is 5.75 Å². The zero-order chi connectivity index (χ0) is 24.6. The van der Waals surface area contributed by atoms with Crippen LogP contribution >= 0.6 is 15.9 Å². The van der Waals surface area contributed by atoms with Crippen molar-refractivity contribution in [1.82, 2.24) is 20.4 Å². The lowest BCUT2D eigenvalue weighted by atomic mass is 9.97. The molecule has 1 amide bonds. The van der Waals surface area contributed by atoms with Gasteiger partial charge in [-0.05, 0) is 75.9 Å². The minimum absolute atomic E-state index is 0.0105. The van der Waals surface area contributed by atoms with Crippen LogP contribution in [0.5, 0.6) is 5.75 Å². The van der Waals surface area contributed by atoms with E-state index in [1.54, 1.807) is 0 Å². The van der Waals surface area contributed by atoms with Crippen LogP contribution in [0.1, 0.15) is 44.6 Å². The molecule has 7 nitrogen and oxygen atoms in total. The molecule has 4 rings (SSSR count). The minimum atomic E-state index is -0.0105. The number of carbonyl (C=O) groups excluding carboxylic acids is 1. The predicted molar refractivity (Wildman–Crippen MR) is 139 cm³/mol. The monoisotopic (exact) mass is 540 g/mol. The number of aryl methyl sites for hydroxylation is 1. The Morgan fingerprint density at radius 1 is 1.26 bits per heavy atom. The fourth-order valence-electron chi connectivity index (χ4n) is 4.32. The first kappa shape index (κ1) is 25.4. The molecule has 2 heterocycles. The Morgan fingerprint density at radius 3 is 2.86 bits per heavy atom. The first-order valence-electron chi connectivity index (χ1n) is 12.3. The number of hydrogen-bond acceptors (Lipinski definition) is 6. The van der Waals surface area contributed by atoms with Crippen LogP contribution < -0.4 is 10.1 Å². The minimum Gasteiger partial charge on any atom is -0.491 e. The molecule has 8 heteroatoms. The van der Waals surface area contributed by atoms with E-state index in [9.17, 15) is 4.79 Å². The van der Waals surface area contributed by atoms with Gasteiger partial charge in [0.15, 0.2) is 0 Å². The Hall–Kier alpha value is -2.71. The summed E-state index contributed by atoms with van der Waals surface area (Å²) in [5.74, 6) is 2.17. The van der Waals surface area contributed by atoms with E-state index >= 15 is 0 Å². The number of halogens is 1. The Morgan fingerprint density at radius 2 is 2.09 bits per heavy atom. The molecule has 1 aliphatic rings. The lowest BCUT2D eigenvalue weighted by molar-refractivity contribution is -0.126. The van der Waals surface area contributed by atoms with Crippen molar-refractivity contribution in [3.8, 4) is 17.1 Å². The highest BCUT2D eigenvalue weighted by molar-refractivity contribution is 9.10. The molecule has 186 valence electrons. The predicted octanol–water partition coefficient (Wildman–Crippen LogP) is 5.25. The molecule has 3 aromatic rings. The van der Waals surface area contributed by atoms with Gasteiger partial charge < -0.3 is 14.6 Å². The molecule has 35 heavy (non-hydrogen) atoms. The normalized spacial score (nSPS) is 16.4. The van der Waals surface area contributed by atoms with Crippen molar-refractivity contribution in [1.29, 1.82) is 0 Å². The third-order valence-electron chi connectivity index (χ3n) is 6.02. The van der Waals surface area contributed by atoms with Crippen LogP contribution in [0.4, 0.5) is 0 Å². The molecule has 0 bridgehead atoms. The van der Waals surface area contributed by atoms with Crippen molar-refractivity contribution in [3.63, 3.8) is 0 Å². The van der Waals surface area contributed by atoms with Gasteiger partial charge in [-0.3, -0.25) is 9.69 Å². The van der Waals surface area contributed by atoms with Gasteiger partial charge in [0.25, 0.3) is 0 Å². The lowest BCUT2D eigenvalue weighted by Gasteiger charge is -2.30. The van der Waals surface area contributed by atoms with Crippen molar-refractivity contribution >= 4 is 21.8 Å². The summed E-state index contributed by atoms with van der Waals surface area (Å²) in [5, 5.41) is 7.25. The van der Waals surface area contributed by atoms with E-state index in [1.807, 2.05) is 50.2 Å². The number of ether oxygens (including phenoxy) is 1. The van der Waals surface area contributed by atoms with Gasteiger partial charge in [-0.1, -0.05) is 45.4 Å². The molecule has 1 N–H and O–H groups in total. The second-order valence-electron chi connectivity index (χ2n) is 9.30. The summed E-state index contributed by atoms with van der Waals surface area (Å²) in [5.41, 5.74) is 2.16. The molecule has 0 saturated carbocycles. The molecule has 0 spiro atoms. The van der Waals surface area contributed by atoms with Crippen LogP contribution in [0.15, 0.2) is 57.5 Å². The highest BCUT2D eigenvalue weighted by Gasteiger charge is 2.26. The van der Waals surface area contributed by atoms with Crippen molar-refractivity contribution < 1.29 is 14.1 Å². The Balaban J connectivity index is 1.20. The van der Waals surface area contributed by atoms with Crippen molar-refractivity contribution in [2.45, 2.75) is 52.2 Å². The van der Waals surface area contributed by atoms with Crippen LogP contribution in [-0.4, -0.2) is 46.7 Å². The van der Waals surface area contributed by atoms with Gasteiger partial charge in [0, 0.05) is 23.1 Å². The number of likely N-dealkylation sites (tertiary alicyclic amines) is 1. The molecule has 1 aliphatic heterocycles. The van der Waals surface area contributed by atoms with E-state index in [-0.39, 0.29) is 17.9 Å². The number of rotatable bonds is 10. The van der Waals surface area contributed by atoms with Gasteiger partial charge in [-0.25, -0.2) is 0 Å². The second kappa shape index (κ2) is 12.3. The standard InChI is InChI=1S/C27H33BrN4O3/c1-19(2)34-24-12-10-20(11-13-24)6-4-14-29-27(33)22-8-5-15-32(17-22)18-25-30-26(31-35-25)21-7-3-9-23(28)16-21/h3,7,9-13,16,19,22H,4-6,8,14-15,17-18H2,1-2H3,(H,29,33). The van der Waals surface area contributed by atoms with Crippen LogP contribution in [0.3, 0.4) is 0 Å². The van der Waals surface area contributed by atoms with Gasteiger partial charge in [-0.15, -0.1) is 0 Å². The topological polar surface area (TPSA) is 80.5 Å². The SMILES string of the molecule is CC(C)Oc1ccc(CCCNC(=O)C2CCCN(Cc3nc(-c4cccc(Br)c4)no3)C2)cc1. The van der Waals surface area contributed by atoms with Crippen molar-refractivity contribution in [3.05, 3.63) is 64.5 Å². The smallest absolute Gasteiger partial charge is 0.241 e. The Labute approximate surface area is 215 Å². The summed E-state index contributed by atoms with van der Waals surface area (Å²) in [6.45, 7) is 6.91. The average molecular weight is 541 g/mol. The van der Waals surface area contributed by atoms with Gasteiger partial charge >= 0.3 is 0 Å². The number of piperidine rings is 1. The second-order valence-corrected chi connectivity index (χ2v) is 10.2. The number of hydrogen-bond donors (Lipinski definition) is 1. The number of carbonyl (C=O) groups is 1. The molecule has 1 fully saturated rings. The molecular formula is C27H33BrN4O3. The highest BCUT2D eigenvalue weighted by atomic mass is 79.9. The fourth-order valence-corrected chi connectivity index (χ4v) is 4.72. The van der Waals surface area contributed by atoms with E-state index in [1.165, 1.54) is 5.56 Å². The summed E-state index contributed by atoms with van der Waals surface area (Å²) in [7, 11) is 0. The lowest BCUT2D eigenvalue weighted by Crippen LogP contribution is -2.43. The van der Waals surface area contributed by atoms with Crippen LogP contribution in [0.25, 0.3) is 11.4 Å².